The molecule has 1 atom stereocenters. The van der Waals surface area contributed by atoms with Crippen LogP contribution in [0, 0.1) is 11.3 Å². The van der Waals surface area contributed by atoms with Crippen molar-refractivity contribution in [2.75, 3.05) is 0 Å². The molecule has 0 aromatic heterocycles. The number of hydrogen-bond donors (Lipinski definition) is 1. The molecule has 0 spiro atoms. The van der Waals surface area contributed by atoms with Gasteiger partial charge in [0.25, 0.3) is 0 Å². The lowest BCUT2D eigenvalue weighted by Gasteiger charge is -2.26. The van der Waals surface area contributed by atoms with Crippen molar-refractivity contribution < 1.29 is 4.74 Å². The van der Waals surface area contributed by atoms with Crippen molar-refractivity contribution >= 4 is 27.8 Å². The fraction of sp³-hybridized carbons (Fsp3) is 0.0435. The summed E-state index contributed by atoms with van der Waals surface area (Å²) in [5.74, 6) is 0.508. The number of allylic oxidation sites excluding steroid dienone is 1. The average Bonchev–Trinajstić information content (AvgIpc) is 2.73. The van der Waals surface area contributed by atoms with Gasteiger partial charge < -0.3 is 10.5 Å². The molecule has 3 aromatic rings. The van der Waals surface area contributed by atoms with Crippen LogP contribution in [0.15, 0.2) is 93.7 Å². The lowest BCUT2D eigenvalue weighted by molar-refractivity contribution is 0.394. The van der Waals surface area contributed by atoms with Gasteiger partial charge in [-0.25, -0.2) is 0 Å². The van der Waals surface area contributed by atoms with E-state index in [-0.39, 0.29) is 11.8 Å². The number of fused-ring (bicyclic) bond motifs is 1. The number of aliphatic imine (C=N–C) groups is 1. The molecule has 4 rings (SSSR count). The average molecular weight is 430 g/mol. The van der Waals surface area contributed by atoms with E-state index in [0.717, 1.165) is 26.9 Å². The second-order valence-corrected chi connectivity index (χ2v) is 7.28. The molecule has 136 valence electrons. The minimum absolute atomic E-state index is 0.137. The van der Waals surface area contributed by atoms with E-state index in [0.29, 0.717) is 11.3 Å². The topological polar surface area (TPSA) is 71.4 Å². The molecule has 0 saturated carbocycles. The number of halogens is 1. The van der Waals surface area contributed by atoms with Crippen LogP contribution in [-0.4, -0.2) is 6.21 Å². The Kier molecular flexibility index (Phi) is 4.96. The van der Waals surface area contributed by atoms with Crippen molar-refractivity contribution in [2.45, 2.75) is 5.92 Å². The molecular formula is C23H16BrN3O. The zero-order valence-corrected chi connectivity index (χ0v) is 16.4. The van der Waals surface area contributed by atoms with Crippen molar-refractivity contribution in [2.24, 2.45) is 10.7 Å². The minimum Gasteiger partial charge on any atom is -0.440 e. The molecule has 0 fully saturated rings. The number of ether oxygens (including phenoxy) is 1. The van der Waals surface area contributed by atoms with E-state index in [4.69, 9.17) is 10.5 Å². The van der Waals surface area contributed by atoms with Gasteiger partial charge in [-0.3, -0.25) is 4.99 Å². The van der Waals surface area contributed by atoms with Crippen molar-refractivity contribution in [3.05, 3.63) is 105 Å². The minimum atomic E-state index is -0.251. The van der Waals surface area contributed by atoms with Gasteiger partial charge in [-0.15, -0.1) is 0 Å². The molecule has 4 nitrogen and oxygen atoms in total. The summed E-state index contributed by atoms with van der Waals surface area (Å²) in [6.45, 7) is 0. The molecule has 2 N–H and O–H groups in total. The third kappa shape index (κ3) is 3.55. The molecule has 0 amide bonds. The molecule has 5 heteroatoms. The maximum Gasteiger partial charge on any atom is 0.205 e. The molecule has 1 aliphatic heterocycles. The van der Waals surface area contributed by atoms with E-state index in [2.05, 4.69) is 27.0 Å². The van der Waals surface area contributed by atoms with Crippen LogP contribution in [-0.2, 0) is 0 Å². The molecule has 3 aromatic carbocycles. The fourth-order valence-corrected chi connectivity index (χ4v) is 3.48. The summed E-state index contributed by atoms with van der Waals surface area (Å²) in [6, 6.07) is 25.7. The standard InChI is InChI=1S/C23H16BrN3O/c24-17-8-6-15(7-9-17)14-27-18-10-11-19-21(12-18)28-23(26)20(13-25)22(19)16-4-2-1-3-5-16/h1-12,14,22H,26H2. The second-order valence-electron chi connectivity index (χ2n) is 6.37. The van der Waals surface area contributed by atoms with Gasteiger partial charge in [0.2, 0.25) is 5.88 Å². The lowest BCUT2D eigenvalue weighted by Crippen LogP contribution is -2.20. The van der Waals surface area contributed by atoms with E-state index in [1.54, 1.807) is 6.21 Å². The molecule has 0 aliphatic carbocycles. The van der Waals surface area contributed by atoms with Crippen LogP contribution in [0.5, 0.6) is 5.75 Å². The van der Waals surface area contributed by atoms with Crippen LogP contribution >= 0.6 is 15.9 Å². The van der Waals surface area contributed by atoms with Gasteiger partial charge in [0.15, 0.2) is 0 Å². The first-order valence-corrected chi connectivity index (χ1v) is 9.51. The summed E-state index contributed by atoms with van der Waals surface area (Å²) in [5.41, 5.74) is 10.1. The normalized spacial score (nSPS) is 15.8. The summed E-state index contributed by atoms with van der Waals surface area (Å²) >= 11 is 3.42. The number of nitrogens with two attached hydrogens (primary N) is 1. The summed E-state index contributed by atoms with van der Waals surface area (Å²) in [7, 11) is 0. The lowest BCUT2D eigenvalue weighted by atomic mass is 9.83. The molecule has 1 unspecified atom stereocenters. The number of benzene rings is 3. The Bertz CT molecular complexity index is 1110. The van der Waals surface area contributed by atoms with E-state index in [9.17, 15) is 5.26 Å². The van der Waals surface area contributed by atoms with Crippen LogP contribution in [0.1, 0.15) is 22.6 Å². The molecule has 0 saturated heterocycles. The summed E-state index contributed by atoms with van der Waals surface area (Å²) in [6.07, 6.45) is 1.80. The molecule has 0 radical (unpaired) electrons. The number of nitriles is 1. The van der Waals surface area contributed by atoms with Crippen LogP contribution in [0.25, 0.3) is 0 Å². The van der Waals surface area contributed by atoms with Gasteiger partial charge in [0.1, 0.15) is 17.4 Å². The highest BCUT2D eigenvalue weighted by molar-refractivity contribution is 9.10. The summed E-state index contributed by atoms with van der Waals surface area (Å²) in [5, 5.41) is 9.61. The van der Waals surface area contributed by atoms with Crippen LogP contribution < -0.4 is 10.5 Å². The molecule has 1 heterocycles. The van der Waals surface area contributed by atoms with Crippen molar-refractivity contribution in [1.29, 1.82) is 5.26 Å². The smallest absolute Gasteiger partial charge is 0.205 e. The first-order chi connectivity index (χ1) is 13.7. The highest BCUT2D eigenvalue weighted by Crippen LogP contribution is 2.43. The van der Waals surface area contributed by atoms with Crippen LogP contribution in [0.4, 0.5) is 5.69 Å². The van der Waals surface area contributed by atoms with Crippen LogP contribution in [0.3, 0.4) is 0 Å². The predicted molar refractivity (Wildman–Crippen MR) is 114 cm³/mol. The van der Waals surface area contributed by atoms with Crippen LogP contribution in [0.2, 0.25) is 0 Å². The Morgan fingerprint density at radius 2 is 1.79 bits per heavy atom. The Balaban J connectivity index is 1.71. The van der Waals surface area contributed by atoms with E-state index in [1.807, 2.05) is 72.8 Å². The second kappa shape index (κ2) is 7.71. The number of hydrogen-bond acceptors (Lipinski definition) is 4. The first-order valence-electron chi connectivity index (χ1n) is 8.72. The van der Waals surface area contributed by atoms with Gasteiger partial charge in [-0.2, -0.15) is 5.26 Å². The van der Waals surface area contributed by atoms with Crippen molar-refractivity contribution in [1.82, 2.24) is 0 Å². The van der Waals surface area contributed by atoms with Gasteiger partial charge in [-0.05, 0) is 29.3 Å². The third-order valence-corrected chi connectivity index (χ3v) is 5.10. The Labute approximate surface area is 171 Å². The zero-order valence-electron chi connectivity index (χ0n) is 14.8. The maximum atomic E-state index is 9.61. The van der Waals surface area contributed by atoms with Crippen molar-refractivity contribution in [3.8, 4) is 11.8 Å². The highest BCUT2D eigenvalue weighted by atomic mass is 79.9. The Morgan fingerprint density at radius 3 is 2.50 bits per heavy atom. The largest absolute Gasteiger partial charge is 0.440 e. The molecule has 0 bridgehead atoms. The molecule has 1 aliphatic rings. The Morgan fingerprint density at radius 1 is 1.04 bits per heavy atom. The van der Waals surface area contributed by atoms with E-state index in [1.165, 1.54) is 0 Å². The van der Waals surface area contributed by atoms with E-state index < -0.39 is 0 Å². The third-order valence-electron chi connectivity index (χ3n) is 4.57. The first kappa shape index (κ1) is 18.0. The van der Waals surface area contributed by atoms with Gasteiger partial charge >= 0.3 is 0 Å². The number of nitrogens with zero attached hydrogens (tertiary/aromatic N) is 2. The SMILES string of the molecule is N#CC1=C(N)Oc2cc(N=Cc3ccc(Br)cc3)ccc2C1c1ccccc1. The highest BCUT2D eigenvalue weighted by Gasteiger charge is 2.30. The predicted octanol–water partition coefficient (Wildman–Crippen LogP) is 5.42. The van der Waals surface area contributed by atoms with Gasteiger partial charge in [0.05, 0.1) is 11.6 Å². The van der Waals surface area contributed by atoms with E-state index >= 15 is 0 Å². The summed E-state index contributed by atoms with van der Waals surface area (Å²) in [4.78, 5) is 4.53. The monoisotopic (exact) mass is 429 g/mol. The summed E-state index contributed by atoms with van der Waals surface area (Å²) < 4.78 is 6.77. The number of rotatable bonds is 3. The molecule has 28 heavy (non-hydrogen) atoms. The zero-order chi connectivity index (χ0) is 19.5. The maximum absolute atomic E-state index is 9.61. The van der Waals surface area contributed by atoms with Crippen molar-refractivity contribution in [3.63, 3.8) is 0 Å². The quantitative estimate of drug-likeness (QED) is 0.565. The Hall–Kier alpha value is -3.36. The van der Waals surface area contributed by atoms with Gasteiger partial charge in [-0.1, -0.05) is 64.5 Å². The van der Waals surface area contributed by atoms with Gasteiger partial charge in [0, 0.05) is 22.3 Å². The molecular weight excluding hydrogens is 414 g/mol. The fourth-order valence-electron chi connectivity index (χ4n) is 3.21.